The van der Waals surface area contributed by atoms with Gasteiger partial charge in [0.15, 0.2) is 0 Å². The van der Waals surface area contributed by atoms with Crippen LogP contribution in [0.2, 0.25) is 0 Å². The molecule has 3 unspecified atom stereocenters. The Kier molecular flexibility index (Phi) is 8.87. The molecule has 0 bridgehead atoms. The second-order valence-electron chi connectivity index (χ2n) is 3.72. The fourth-order valence-corrected chi connectivity index (χ4v) is 1.63. The summed E-state index contributed by atoms with van der Waals surface area (Å²) in [5, 5.41) is 19.3. The quantitative estimate of drug-likeness (QED) is 0.426. The first-order chi connectivity index (χ1) is 8.58. The molecule has 5 nitrogen and oxygen atoms in total. The summed E-state index contributed by atoms with van der Waals surface area (Å²) in [5.74, 6) is -1.42. The van der Waals surface area contributed by atoms with Crippen molar-refractivity contribution in [2.45, 2.75) is 31.8 Å². The van der Waals surface area contributed by atoms with E-state index in [0.717, 1.165) is 0 Å². The largest absolute Gasteiger partial charge is 0.393 e. The number of aliphatic hydroxyl groups excluding tert-OH is 2. The van der Waals surface area contributed by atoms with Gasteiger partial charge in [0.25, 0.3) is 0 Å². The van der Waals surface area contributed by atoms with Crippen LogP contribution in [0.4, 0.5) is 0 Å². The summed E-state index contributed by atoms with van der Waals surface area (Å²) in [4.78, 5) is 0. The van der Waals surface area contributed by atoms with E-state index in [4.69, 9.17) is 14.2 Å². The summed E-state index contributed by atoms with van der Waals surface area (Å²) in [6.45, 7) is 10.8. The lowest BCUT2D eigenvalue weighted by atomic mass is 10.0. The predicted octanol–water partition coefficient (Wildman–Crippen LogP) is 0.866. The maximum atomic E-state index is 9.92. The number of hydrogen-bond donors (Lipinski definition) is 2. The Morgan fingerprint density at radius 1 is 1.22 bits per heavy atom. The first kappa shape index (κ1) is 17.3. The third-order valence-electron chi connectivity index (χ3n) is 2.41. The topological polar surface area (TPSA) is 68.2 Å². The van der Waals surface area contributed by atoms with Crippen LogP contribution in [-0.2, 0) is 14.2 Å². The Bertz CT molecular complexity index is 242. The molecule has 0 aliphatic heterocycles. The van der Waals surface area contributed by atoms with E-state index in [1.165, 1.54) is 13.0 Å². The van der Waals surface area contributed by atoms with Crippen LogP contribution in [0.3, 0.4) is 0 Å². The molecular formula is C13H24O5. The van der Waals surface area contributed by atoms with Crippen molar-refractivity contribution in [1.82, 2.24) is 0 Å². The van der Waals surface area contributed by atoms with Crippen LogP contribution in [0.1, 0.15) is 13.8 Å². The molecule has 0 radical (unpaired) electrons. The molecule has 106 valence electrons. The van der Waals surface area contributed by atoms with Gasteiger partial charge < -0.3 is 24.4 Å². The number of aliphatic hydroxyl groups is 2. The Balaban J connectivity index is 5.06. The lowest BCUT2D eigenvalue weighted by Crippen LogP contribution is -2.58. The van der Waals surface area contributed by atoms with Crippen LogP contribution in [0.5, 0.6) is 0 Å². The smallest absolute Gasteiger partial charge is 0.224 e. The predicted molar refractivity (Wildman–Crippen MR) is 69.2 cm³/mol. The van der Waals surface area contributed by atoms with E-state index < -0.39 is 18.0 Å². The fourth-order valence-electron chi connectivity index (χ4n) is 1.63. The number of ether oxygens (including phenoxy) is 3. The molecule has 0 spiro atoms. The molecule has 0 aromatic heterocycles. The van der Waals surface area contributed by atoms with Crippen molar-refractivity contribution < 1.29 is 24.4 Å². The van der Waals surface area contributed by atoms with E-state index in [2.05, 4.69) is 13.2 Å². The number of rotatable bonds is 11. The Morgan fingerprint density at radius 2 is 1.83 bits per heavy atom. The first-order valence-corrected chi connectivity index (χ1v) is 5.99. The van der Waals surface area contributed by atoms with Crippen LogP contribution in [-0.4, -0.2) is 54.6 Å². The van der Waals surface area contributed by atoms with Crippen LogP contribution in [0.15, 0.2) is 25.3 Å². The monoisotopic (exact) mass is 260 g/mol. The molecule has 0 aliphatic carbocycles. The lowest BCUT2D eigenvalue weighted by Gasteiger charge is -2.40. The summed E-state index contributed by atoms with van der Waals surface area (Å²) in [5.41, 5.74) is 0. The maximum Gasteiger partial charge on any atom is 0.224 e. The molecule has 0 heterocycles. The average molecular weight is 260 g/mol. The normalized spacial score (nSPS) is 17.8. The van der Waals surface area contributed by atoms with Gasteiger partial charge in [-0.05, 0) is 13.8 Å². The summed E-state index contributed by atoms with van der Waals surface area (Å²) in [6, 6.07) is 0. The van der Waals surface area contributed by atoms with Crippen LogP contribution in [0.25, 0.3) is 0 Å². The molecule has 0 amide bonds. The third-order valence-corrected chi connectivity index (χ3v) is 2.41. The summed E-state index contributed by atoms with van der Waals surface area (Å²) >= 11 is 0. The molecule has 0 rings (SSSR count). The van der Waals surface area contributed by atoms with Gasteiger partial charge in [-0.15, -0.1) is 13.2 Å². The highest BCUT2D eigenvalue weighted by Crippen LogP contribution is 2.26. The van der Waals surface area contributed by atoms with Crippen molar-refractivity contribution in [3.05, 3.63) is 25.3 Å². The van der Waals surface area contributed by atoms with Crippen molar-refractivity contribution in [3.63, 3.8) is 0 Å². The van der Waals surface area contributed by atoms with E-state index in [0.29, 0.717) is 6.61 Å². The fraction of sp³-hybridized carbons (Fsp3) is 0.692. The molecular weight excluding hydrogens is 236 g/mol. The molecule has 3 atom stereocenters. The molecule has 18 heavy (non-hydrogen) atoms. The van der Waals surface area contributed by atoms with Crippen LogP contribution >= 0.6 is 0 Å². The Hall–Kier alpha value is -0.720. The molecule has 0 saturated heterocycles. The van der Waals surface area contributed by atoms with Gasteiger partial charge in [-0.25, -0.2) is 0 Å². The minimum Gasteiger partial charge on any atom is -0.393 e. The molecule has 0 saturated carbocycles. The van der Waals surface area contributed by atoms with Gasteiger partial charge in [-0.1, -0.05) is 12.2 Å². The second kappa shape index (κ2) is 9.24. The van der Waals surface area contributed by atoms with Gasteiger partial charge in [0.2, 0.25) is 5.79 Å². The van der Waals surface area contributed by atoms with E-state index in [1.807, 2.05) is 0 Å². The highest BCUT2D eigenvalue weighted by molar-refractivity contribution is 4.88. The molecule has 2 N–H and O–H groups in total. The molecule has 0 fully saturated rings. The van der Waals surface area contributed by atoms with Crippen molar-refractivity contribution in [1.29, 1.82) is 0 Å². The zero-order chi connectivity index (χ0) is 14.0. The third kappa shape index (κ3) is 4.51. The highest BCUT2D eigenvalue weighted by Gasteiger charge is 2.46. The highest BCUT2D eigenvalue weighted by atomic mass is 16.7. The SMILES string of the molecule is C=CCOC(CO)C(OCC)(OCC=C)C(C)O. The Labute approximate surface area is 109 Å². The van der Waals surface area contributed by atoms with Crippen LogP contribution in [0, 0.1) is 0 Å². The lowest BCUT2D eigenvalue weighted by molar-refractivity contribution is -0.324. The maximum absolute atomic E-state index is 9.92. The molecule has 0 aliphatic rings. The average Bonchev–Trinajstić information content (AvgIpc) is 2.36. The first-order valence-electron chi connectivity index (χ1n) is 5.99. The van der Waals surface area contributed by atoms with Crippen molar-refractivity contribution >= 4 is 0 Å². The van der Waals surface area contributed by atoms with Crippen molar-refractivity contribution in [2.75, 3.05) is 26.4 Å². The Morgan fingerprint density at radius 3 is 2.22 bits per heavy atom. The van der Waals surface area contributed by atoms with E-state index in [-0.39, 0.29) is 19.8 Å². The second-order valence-corrected chi connectivity index (χ2v) is 3.72. The minimum atomic E-state index is -1.42. The van der Waals surface area contributed by atoms with Gasteiger partial charge >= 0.3 is 0 Å². The van der Waals surface area contributed by atoms with Gasteiger partial charge in [0.1, 0.15) is 12.2 Å². The van der Waals surface area contributed by atoms with Crippen molar-refractivity contribution in [2.24, 2.45) is 0 Å². The van der Waals surface area contributed by atoms with Crippen molar-refractivity contribution in [3.8, 4) is 0 Å². The number of hydrogen-bond acceptors (Lipinski definition) is 5. The summed E-state index contributed by atoms with van der Waals surface area (Å²) < 4.78 is 16.4. The van der Waals surface area contributed by atoms with Gasteiger partial charge in [0.05, 0.1) is 19.8 Å². The zero-order valence-electron chi connectivity index (χ0n) is 11.2. The minimum absolute atomic E-state index is 0.179. The summed E-state index contributed by atoms with van der Waals surface area (Å²) in [6.07, 6.45) is 1.31. The van der Waals surface area contributed by atoms with E-state index >= 15 is 0 Å². The molecule has 5 heteroatoms. The van der Waals surface area contributed by atoms with Gasteiger partial charge in [0, 0.05) is 6.61 Å². The summed E-state index contributed by atoms with van der Waals surface area (Å²) in [7, 11) is 0. The zero-order valence-corrected chi connectivity index (χ0v) is 11.2. The molecule has 0 aromatic carbocycles. The van der Waals surface area contributed by atoms with Crippen LogP contribution < -0.4 is 0 Å². The van der Waals surface area contributed by atoms with E-state index in [9.17, 15) is 10.2 Å². The standard InChI is InChI=1S/C13H24O5/c1-5-8-16-12(10-14)13(11(4)15,17-7-3)18-9-6-2/h5-6,11-12,14-15H,1-2,7-10H2,3-4H3. The van der Waals surface area contributed by atoms with E-state index in [1.54, 1.807) is 13.0 Å². The molecule has 0 aromatic rings. The van der Waals surface area contributed by atoms with Gasteiger partial charge in [-0.3, -0.25) is 0 Å². The van der Waals surface area contributed by atoms with Gasteiger partial charge in [-0.2, -0.15) is 0 Å².